The first-order chi connectivity index (χ1) is 10.8. The number of carbonyl (C=O) groups is 2. The molecule has 124 valence electrons. The van der Waals surface area contributed by atoms with Crippen molar-refractivity contribution in [1.29, 1.82) is 0 Å². The summed E-state index contributed by atoms with van der Waals surface area (Å²) >= 11 is 0. The smallest absolute Gasteiger partial charge is 0.339 e. The maximum atomic E-state index is 12.4. The van der Waals surface area contributed by atoms with Crippen molar-refractivity contribution in [2.45, 2.75) is 47.2 Å². The van der Waals surface area contributed by atoms with Crippen LogP contribution in [0.2, 0.25) is 0 Å². The summed E-state index contributed by atoms with van der Waals surface area (Å²) in [6.07, 6.45) is 0.937. The van der Waals surface area contributed by atoms with E-state index in [-0.39, 0.29) is 18.0 Å². The minimum absolute atomic E-state index is 0.109. The number of carboxylic acids is 1. The second kappa shape index (κ2) is 6.68. The summed E-state index contributed by atoms with van der Waals surface area (Å²) in [7, 11) is 0. The zero-order valence-electron chi connectivity index (χ0n) is 13.8. The SMILES string of the molecule is CCCn1nc(C)c(C(=O)NCc2cc(C(=O)O)c(C)o2)c1C. The second-order valence-corrected chi connectivity index (χ2v) is 5.44. The summed E-state index contributed by atoms with van der Waals surface area (Å²) in [5.41, 5.74) is 2.16. The summed E-state index contributed by atoms with van der Waals surface area (Å²) in [6.45, 7) is 8.19. The van der Waals surface area contributed by atoms with E-state index in [0.717, 1.165) is 18.7 Å². The third-order valence-electron chi connectivity index (χ3n) is 3.67. The zero-order valence-corrected chi connectivity index (χ0v) is 13.8. The number of furan rings is 1. The molecule has 0 aliphatic rings. The fourth-order valence-corrected chi connectivity index (χ4v) is 2.55. The largest absolute Gasteiger partial charge is 0.478 e. The molecular weight excluding hydrogens is 298 g/mol. The fraction of sp³-hybridized carbons (Fsp3) is 0.438. The number of carboxylic acid groups (broad SMARTS) is 1. The molecule has 2 heterocycles. The minimum atomic E-state index is -1.05. The van der Waals surface area contributed by atoms with Crippen molar-refractivity contribution in [3.05, 3.63) is 40.1 Å². The Morgan fingerprint density at radius 1 is 1.35 bits per heavy atom. The van der Waals surface area contributed by atoms with Crippen LogP contribution in [0.25, 0.3) is 0 Å². The molecule has 0 bridgehead atoms. The third-order valence-corrected chi connectivity index (χ3v) is 3.67. The molecular formula is C16H21N3O4. The number of amides is 1. The van der Waals surface area contributed by atoms with E-state index in [0.29, 0.717) is 22.8 Å². The standard InChI is InChI=1S/C16H21N3O4/c1-5-6-19-10(3)14(9(2)18-19)15(20)17-8-12-7-13(16(21)22)11(4)23-12/h7H,5-6,8H2,1-4H3,(H,17,20)(H,21,22). The van der Waals surface area contributed by atoms with Crippen LogP contribution in [-0.2, 0) is 13.1 Å². The lowest BCUT2D eigenvalue weighted by molar-refractivity contribution is 0.0694. The molecule has 0 radical (unpaired) electrons. The summed E-state index contributed by atoms with van der Waals surface area (Å²) in [5, 5.41) is 16.1. The predicted octanol–water partition coefficient (Wildman–Crippen LogP) is 2.44. The Kier molecular flexibility index (Phi) is 4.88. The van der Waals surface area contributed by atoms with Gasteiger partial charge >= 0.3 is 5.97 Å². The topological polar surface area (TPSA) is 97.4 Å². The molecule has 2 aromatic heterocycles. The summed E-state index contributed by atoms with van der Waals surface area (Å²) < 4.78 is 7.17. The van der Waals surface area contributed by atoms with Crippen LogP contribution in [0.15, 0.2) is 10.5 Å². The second-order valence-electron chi connectivity index (χ2n) is 5.44. The van der Waals surface area contributed by atoms with Crippen molar-refractivity contribution >= 4 is 11.9 Å². The van der Waals surface area contributed by atoms with Crippen LogP contribution in [0.5, 0.6) is 0 Å². The molecule has 7 heteroatoms. The molecule has 2 rings (SSSR count). The predicted molar refractivity (Wildman–Crippen MR) is 83.6 cm³/mol. The van der Waals surface area contributed by atoms with E-state index in [2.05, 4.69) is 17.3 Å². The number of hydrogen-bond acceptors (Lipinski definition) is 4. The van der Waals surface area contributed by atoms with Crippen LogP contribution >= 0.6 is 0 Å². The van der Waals surface area contributed by atoms with Gasteiger partial charge < -0.3 is 14.8 Å². The number of aromatic carboxylic acids is 1. The van der Waals surface area contributed by atoms with Crippen molar-refractivity contribution in [1.82, 2.24) is 15.1 Å². The van der Waals surface area contributed by atoms with Crippen molar-refractivity contribution in [2.75, 3.05) is 0 Å². The minimum Gasteiger partial charge on any atom is -0.478 e. The van der Waals surface area contributed by atoms with Crippen molar-refractivity contribution < 1.29 is 19.1 Å². The Bertz CT molecular complexity index is 743. The van der Waals surface area contributed by atoms with Gasteiger partial charge in [-0.1, -0.05) is 6.92 Å². The number of aromatic nitrogens is 2. The molecule has 0 saturated carbocycles. The number of nitrogens with zero attached hydrogens (tertiary/aromatic N) is 2. The first kappa shape index (κ1) is 16.8. The number of nitrogens with one attached hydrogen (secondary N) is 1. The van der Waals surface area contributed by atoms with Crippen LogP contribution in [0.1, 0.15) is 57.0 Å². The van der Waals surface area contributed by atoms with Gasteiger partial charge in [-0.25, -0.2) is 4.79 Å². The lowest BCUT2D eigenvalue weighted by Gasteiger charge is -2.05. The van der Waals surface area contributed by atoms with Crippen LogP contribution in [-0.4, -0.2) is 26.8 Å². The molecule has 0 aliphatic carbocycles. The number of rotatable bonds is 6. The lowest BCUT2D eigenvalue weighted by Crippen LogP contribution is -2.23. The number of aryl methyl sites for hydroxylation is 3. The molecule has 0 fully saturated rings. The molecule has 0 saturated heterocycles. The van der Waals surface area contributed by atoms with E-state index in [1.54, 1.807) is 13.8 Å². The van der Waals surface area contributed by atoms with Gasteiger partial charge in [0, 0.05) is 12.2 Å². The van der Waals surface area contributed by atoms with Crippen LogP contribution < -0.4 is 5.32 Å². The van der Waals surface area contributed by atoms with E-state index in [9.17, 15) is 9.59 Å². The highest BCUT2D eigenvalue weighted by atomic mass is 16.4. The Labute approximate surface area is 134 Å². The van der Waals surface area contributed by atoms with Crippen molar-refractivity contribution in [3.63, 3.8) is 0 Å². The van der Waals surface area contributed by atoms with Gasteiger partial charge in [0.2, 0.25) is 0 Å². The average Bonchev–Trinajstić information content (AvgIpc) is 2.98. The van der Waals surface area contributed by atoms with E-state index < -0.39 is 5.97 Å². The maximum absolute atomic E-state index is 12.4. The average molecular weight is 319 g/mol. The lowest BCUT2D eigenvalue weighted by atomic mass is 10.2. The van der Waals surface area contributed by atoms with Gasteiger partial charge in [0.15, 0.2) is 0 Å². The summed E-state index contributed by atoms with van der Waals surface area (Å²) in [6, 6.07) is 1.43. The van der Waals surface area contributed by atoms with Gasteiger partial charge in [0.25, 0.3) is 5.91 Å². The number of carbonyl (C=O) groups excluding carboxylic acids is 1. The molecule has 23 heavy (non-hydrogen) atoms. The van der Waals surface area contributed by atoms with E-state index in [4.69, 9.17) is 9.52 Å². The highest BCUT2D eigenvalue weighted by molar-refractivity contribution is 5.96. The van der Waals surface area contributed by atoms with Crippen molar-refractivity contribution in [3.8, 4) is 0 Å². The normalized spacial score (nSPS) is 10.8. The fourth-order valence-electron chi connectivity index (χ4n) is 2.55. The van der Waals surface area contributed by atoms with Gasteiger partial charge in [-0.05, 0) is 33.3 Å². The molecule has 2 aromatic rings. The summed E-state index contributed by atoms with van der Waals surface area (Å²) in [4.78, 5) is 23.4. The van der Waals surface area contributed by atoms with E-state index in [1.165, 1.54) is 6.07 Å². The van der Waals surface area contributed by atoms with Crippen LogP contribution in [0.3, 0.4) is 0 Å². The molecule has 0 atom stereocenters. The zero-order chi connectivity index (χ0) is 17.1. The Hall–Kier alpha value is -2.57. The Morgan fingerprint density at radius 2 is 2.04 bits per heavy atom. The van der Waals surface area contributed by atoms with Gasteiger partial charge in [-0.3, -0.25) is 9.48 Å². The van der Waals surface area contributed by atoms with Gasteiger partial charge in [0.1, 0.15) is 17.1 Å². The monoisotopic (exact) mass is 319 g/mol. The molecule has 0 aromatic carbocycles. The van der Waals surface area contributed by atoms with E-state index >= 15 is 0 Å². The summed E-state index contributed by atoms with van der Waals surface area (Å²) in [5.74, 6) is -0.556. The highest BCUT2D eigenvalue weighted by Crippen LogP contribution is 2.16. The molecule has 0 spiro atoms. The first-order valence-corrected chi connectivity index (χ1v) is 7.50. The van der Waals surface area contributed by atoms with Crippen LogP contribution in [0, 0.1) is 20.8 Å². The Balaban J connectivity index is 2.11. The highest BCUT2D eigenvalue weighted by Gasteiger charge is 2.19. The van der Waals surface area contributed by atoms with Gasteiger partial charge in [-0.15, -0.1) is 0 Å². The number of hydrogen-bond donors (Lipinski definition) is 2. The molecule has 1 amide bonds. The molecule has 7 nitrogen and oxygen atoms in total. The first-order valence-electron chi connectivity index (χ1n) is 7.50. The third kappa shape index (κ3) is 3.44. The van der Waals surface area contributed by atoms with E-state index in [1.807, 2.05) is 11.6 Å². The van der Waals surface area contributed by atoms with Crippen molar-refractivity contribution in [2.24, 2.45) is 0 Å². The Morgan fingerprint density at radius 3 is 2.61 bits per heavy atom. The van der Waals surface area contributed by atoms with Gasteiger partial charge in [-0.2, -0.15) is 5.10 Å². The molecule has 0 aliphatic heterocycles. The molecule has 0 unspecified atom stereocenters. The van der Waals surface area contributed by atoms with Crippen LogP contribution in [0.4, 0.5) is 0 Å². The quantitative estimate of drug-likeness (QED) is 0.852. The molecule has 2 N–H and O–H groups in total. The maximum Gasteiger partial charge on any atom is 0.339 e. The van der Waals surface area contributed by atoms with Gasteiger partial charge in [0.05, 0.1) is 17.8 Å².